The Labute approximate surface area is 182 Å². The van der Waals surface area contributed by atoms with Crippen LogP contribution in [-0.4, -0.2) is 55.9 Å². The maximum atomic E-state index is 13.6. The third-order valence-electron chi connectivity index (χ3n) is 5.26. The smallest absolute Gasteiger partial charge is 0.255 e. The van der Waals surface area contributed by atoms with Crippen LogP contribution in [0.3, 0.4) is 0 Å². The van der Waals surface area contributed by atoms with Crippen molar-refractivity contribution >= 4 is 40.4 Å². The molecule has 1 saturated heterocycles. The first-order valence-electron chi connectivity index (χ1n) is 9.60. The molecule has 11 heteroatoms. The van der Waals surface area contributed by atoms with Crippen LogP contribution in [0.1, 0.15) is 16.8 Å². The van der Waals surface area contributed by atoms with Crippen molar-refractivity contribution in [3.8, 4) is 11.4 Å². The Morgan fingerprint density at radius 1 is 1.39 bits per heavy atom. The van der Waals surface area contributed by atoms with Gasteiger partial charge in [0.2, 0.25) is 0 Å². The molecule has 2 atom stereocenters. The van der Waals surface area contributed by atoms with Crippen LogP contribution in [-0.2, 0) is 11.8 Å². The number of nitrogens with one attached hydrogen (secondary N) is 2. The van der Waals surface area contributed by atoms with E-state index >= 15 is 0 Å². The van der Waals surface area contributed by atoms with Crippen molar-refractivity contribution < 1.29 is 13.9 Å². The molecule has 1 aromatic carbocycles. The number of hydrogen-bond acceptors (Lipinski definition) is 6. The fraction of sp³-hybridized carbons (Fsp3) is 0.300. The number of carbonyl (C=O) groups excluding carboxylic acids is 1. The van der Waals surface area contributed by atoms with Crippen molar-refractivity contribution in [2.75, 3.05) is 13.2 Å². The Morgan fingerprint density at radius 2 is 2.23 bits per heavy atom. The molecule has 2 unspecified atom stereocenters. The fourth-order valence-corrected chi connectivity index (χ4v) is 3.83. The summed E-state index contributed by atoms with van der Waals surface area (Å²) in [7, 11) is 1.74. The minimum atomic E-state index is -0.338. The normalized spacial score (nSPS) is 18.8. The zero-order valence-corrected chi connectivity index (χ0v) is 17.4. The van der Waals surface area contributed by atoms with E-state index in [0.29, 0.717) is 53.3 Å². The number of rotatable bonds is 3. The van der Waals surface area contributed by atoms with Crippen LogP contribution >= 0.6 is 12.4 Å². The summed E-state index contributed by atoms with van der Waals surface area (Å²) in [6, 6.07) is 4.21. The molecule has 1 amide bonds. The summed E-state index contributed by atoms with van der Waals surface area (Å²) in [4.78, 5) is 24.8. The Kier molecular flexibility index (Phi) is 5.61. The minimum absolute atomic E-state index is 0. The lowest BCUT2D eigenvalue weighted by Gasteiger charge is -2.27. The average Bonchev–Trinajstić information content (AvgIpc) is 3.29. The van der Waals surface area contributed by atoms with Gasteiger partial charge in [-0.15, -0.1) is 12.4 Å². The van der Waals surface area contributed by atoms with Crippen molar-refractivity contribution in [1.29, 1.82) is 0 Å². The number of amides is 1. The molecule has 31 heavy (non-hydrogen) atoms. The minimum Gasteiger partial charge on any atom is -0.378 e. The predicted molar refractivity (Wildman–Crippen MR) is 115 cm³/mol. The maximum absolute atomic E-state index is 13.6. The van der Waals surface area contributed by atoms with Gasteiger partial charge >= 0.3 is 0 Å². The Hall–Kier alpha value is -3.08. The molecular formula is C20H21ClFN7O2. The summed E-state index contributed by atoms with van der Waals surface area (Å²) in [5, 5.41) is 8.18. The molecule has 0 bridgehead atoms. The Morgan fingerprint density at radius 3 is 3.03 bits per heavy atom. The molecule has 4 aromatic rings. The van der Waals surface area contributed by atoms with Crippen molar-refractivity contribution in [2.45, 2.75) is 18.5 Å². The summed E-state index contributed by atoms with van der Waals surface area (Å²) < 4.78 is 20.6. The highest BCUT2D eigenvalue weighted by atomic mass is 35.5. The van der Waals surface area contributed by atoms with Gasteiger partial charge in [0.15, 0.2) is 5.65 Å². The van der Waals surface area contributed by atoms with Gasteiger partial charge in [-0.3, -0.25) is 9.48 Å². The van der Waals surface area contributed by atoms with Gasteiger partial charge < -0.3 is 20.8 Å². The monoisotopic (exact) mass is 445 g/mol. The molecule has 162 valence electrons. The van der Waals surface area contributed by atoms with E-state index in [1.54, 1.807) is 30.2 Å². The molecule has 0 saturated carbocycles. The largest absolute Gasteiger partial charge is 0.378 e. The first-order chi connectivity index (χ1) is 14.5. The van der Waals surface area contributed by atoms with E-state index in [4.69, 9.17) is 10.5 Å². The quantitative estimate of drug-likeness (QED) is 0.442. The van der Waals surface area contributed by atoms with Crippen LogP contribution < -0.4 is 11.1 Å². The van der Waals surface area contributed by atoms with Gasteiger partial charge in [0.05, 0.1) is 36.5 Å². The first-order valence-corrected chi connectivity index (χ1v) is 9.60. The number of ether oxygens (including phenoxy) is 1. The highest BCUT2D eigenvalue weighted by molar-refractivity contribution is 6.05. The molecular weight excluding hydrogens is 425 g/mol. The molecule has 0 radical (unpaired) electrons. The highest BCUT2D eigenvalue weighted by Crippen LogP contribution is 2.28. The topological polar surface area (TPSA) is 124 Å². The molecule has 1 aliphatic heterocycles. The van der Waals surface area contributed by atoms with Crippen LogP contribution in [0.5, 0.6) is 0 Å². The number of nitrogens with zero attached hydrogens (tertiary/aromatic N) is 4. The summed E-state index contributed by atoms with van der Waals surface area (Å²) in [5.41, 5.74) is 8.94. The van der Waals surface area contributed by atoms with Crippen molar-refractivity contribution in [2.24, 2.45) is 12.8 Å². The zero-order valence-electron chi connectivity index (χ0n) is 16.6. The second kappa shape index (κ2) is 8.22. The SMILES string of the molecule is Cl.Cn1nc(-c2cnc3[nH]cc(C(=O)NC4COCC(N)C4)c3n2)c2ccc(F)cc21. The number of halogens is 2. The Balaban J connectivity index is 0.00000231. The maximum Gasteiger partial charge on any atom is 0.255 e. The molecule has 5 rings (SSSR count). The summed E-state index contributed by atoms with van der Waals surface area (Å²) in [6.45, 7) is 0.922. The fourth-order valence-electron chi connectivity index (χ4n) is 3.83. The molecule has 4 N–H and O–H groups in total. The number of fused-ring (bicyclic) bond motifs is 2. The van der Waals surface area contributed by atoms with Gasteiger partial charge in [0.25, 0.3) is 5.91 Å². The van der Waals surface area contributed by atoms with E-state index in [0.717, 1.165) is 5.39 Å². The van der Waals surface area contributed by atoms with Crippen molar-refractivity contribution in [3.05, 3.63) is 42.0 Å². The molecule has 1 fully saturated rings. The van der Waals surface area contributed by atoms with Crippen LogP contribution in [0.25, 0.3) is 33.5 Å². The standard InChI is InChI=1S/C20H20FN7O2.ClH/c1-28-16-4-10(21)2-3-13(16)17(27-28)15-7-24-19-18(26-15)14(6-23-19)20(29)25-12-5-11(22)8-30-9-12;/h2-4,6-7,11-12H,5,8-9,22H2,1H3,(H,23,24)(H,25,29);1H. The highest BCUT2D eigenvalue weighted by Gasteiger charge is 2.24. The molecule has 1 aliphatic rings. The summed E-state index contributed by atoms with van der Waals surface area (Å²) >= 11 is 0. The summed E-state index contributed by atoms with van der Waals surface area (Å²) in [5.74, 6) is -0.613. The average molecular weight is 446 g/mol. The molecule has 0 aliphatic carbocycles. The van der Waals surface area contributed by atoms with Gasteiger partial charge in [-0.05, 0) is 24.6 Å². The lowest BCUT2D eigenvalue weighted by Crippen LogP contribution is -2.47. The van der Waals surface area contributed by atoms with E-state index in [1.807, 2.05) is 0 Å². The van der Waals surface area contributed by atoms with Crippen LogP contribution in [0.15, 0.2) is 30.6 Å². The number of aromatic nitrogens is 5. The lowest BCUT2D eigenvalue weighted by atomic mass is 10.1. The van der Waals surface area contributed by atoms with Gasteiger partial charge in [-0.1, -0.05) is 0 Å². The van der Waals surface area contributed by atoms with Crippen LogP contribution in [0.4, 0.5) is 4.39 Å². The van der Waals surface area contributed by atoms with Gasteiger partial charge in [-0.2, -0.15) is 5.10 Å². The Bertz CT molecular complexity index is 1270. The molecule has 4 heterocycles. The predicted octanol–water partition coefficient (Wildman–Crippen LogP) is 1.92. The van der Waals surface area contributed by atoms with E-state index in [-0.39, 0.29) is 36.2 Å². The number of H-pyrrole nitrogens is 1. The second-order valence-corrected chi connectivity index (χ2v) is 7.49. The third kappa shape index (κ3) is 3.85. The van der Waals surface area contributed by atoms with E-state index in [2.05, 4.69) is 25.4 Å². The van der Waals surface area contributed by atoms with Crippen LogP contribution in [0, 0.1) is 5.82 Å². The second-order valence-electron chi connectivity index (χ2n) is 7.49. The molecule has 0 spiro atoms. The first kappa shape index (κ1) is 21.2. The number of nitrogens with two attached hydrogens (primary N) is 1. The van der Waals surface area contributed by atoms with Crippen molar-refractivity contribution in [3.63, 3.8) is 0 Å². The van der Waals surface area contributed by atoms with Gasteiger partial charge in [0, 0.05) is 24.7 Å². The van der Waals surface area contributed by atoms with E-state index in [1.165, 1.54) is 12.1 Å². The lowest BCUT2D eigenvalue weighted by molar-refractivity contribution is 0.0522. The number of benzene rings is 1. The van der Waals surface area contributed by atoms with E-state index < -0.39 is 0 Å². The van der Waals surface area contributed by atoms with Crippen molar-refractivity contribution in [1.82, 2.24) is 30.0 Å². The zero-order chi connectivity index (χ0) is 20.8. The summed E-state index contributed by atoms with van der Waals surface area (Å²) in [6.07, 6.45) is 3.82. The van der Waals surface area contributed by atoms with Gasteiger partial charge in [-0.25, -0.2) is 14.4 Å². The van der Waals surface area contributed by atoms with Gasteiger partial charge in [0.1, 0.15) is 22.7 Å². The molecule has 9 nitrogen and oxygen atoms in total. The van der Waals surface area contributed by atoms with E-state index in [9.17, 15) is 9.18 Å². The number of carbonyl (C=O) groups is 1. The number of aryl methyl sites for hydroxylation is 1. The molecule has 3 aromatic heterocycles. The number of hydrogen-bond donors (Lipinski definition) is 3. The third-order valence-corrected chi connectivity index (χ3v) is 5.26. The van der Waals surface area contributed by atoms with Crippen LogP contribution in [0.2, 0.25) is 0 Å². The number of aromatic amines is 1.